The molecule has 0 aliphatic carbocycles. The fraction of sp³-hybridized carbons (Fsp3) is 0.412. The summed E-state index contributed by atoms with van der Waals surface area (Å²) in [4.78, 5) is 27.5. The van der Waals surface area contributed by atoms with Gasteiger partial charge in [0.15, 0.2) is 0 Å². The standard InChI is InChI=1S/C17H22N4O3S/c1-25(24)20-9-7-14(8-10-20)21-16(22)11-15(19-17(21)23)18-12-13-5-3-2-4-6-13/h2-6,11,14,18H,7-10,12H2,1H3,(H,19,23). The highest BCUT2D eigenvalue weighted by atomic mass is 32.2. The summed E-state index contributed by atoms with van der Waals surface area (Å²) in [5.74, 6) is 0.419. The van der Waals surface area contributed by atoms with E-state index < -0.39 is 16.7 Å². The normalized spacial score (nSPS) is 17.3. The van der Waals surface area contributed by atoms with Gasteiger partial charge in [-0.15, -0.1) is 0 Å². The van der Waals surface area contributed by atoms with Gasteiger partial charge in [0, 0.05) is 38.0 Å². The van der Waals surface area contributed by atoms with Crippen LogP contribution in [0.5, 0.6) is 0 Å². The lowest BCUT2D eigenvalue weighted by atomic mass is 10.1. The first-order chi connectivity index (χ1) is 12.0. The van der Waals surface area contributed by atoms with Crippen LogP contribution in [0, 0.1) is 0 Å². The first kappa shape index (κ1) is 17.6. The Morgan fingerprint density at radius 2 is 1.88 bits per heavy atom. The average molecular weight is 362 g/mol. The third-order valence-corrected chi connectivity index (χ3v) is 5.54. The van der Waals surface area contributed by atoms with Gasteiger partial charge >= 0.3 is 5.69 Å². The fourth-order valence-electron chi connectivity index (χ4n) is 3.10. The van der Waals surface area contributed by atoms with E-state index in [1.54, 1.807) is 6.26 Å². The highest BCUT2D eigenvalue weighted by Gasteiger charge is 2.24. The van der Waals surface area contributed by atoms with Gasteiger partial charge < -0.3 is 5.32 Å². The predicted octanol–water partition coefficient (Wildman–Crippen LogP) is 1.08. The number of aromatic nitrogens is 2. The fourth-order valence-corrected chi connectivity index (χ4v) is 3.82. The molecule has 25 heavy (non-hydrogen) atoms. The number of anilines is 1. The topological polar surface area (TPSA) is 87.2 Å². The van der Waals surface area contributed by atoms with Crippen molar-refractivity contribution in [3.63, 3.8) is 0 Å². The largest absolute Gasteiger partial charge is 0.367 e. The van der Waals surface area contributed by atoms with Crippen molar-refractivity contribution in [3.8, 4) is 0 Å². The molecule has 0 spiro atoms. The molecule has 1 fully saturated rings. The third kappa shape index (κ3) is 4.26. The summed E-state index contributed by atoms with van der Waals surface area (Å²) in [6.45, 7) is 1.77. The molecule has 0 amide bonds. The molecule has 1 aromatic carbocycles. The molecule has 2 N–H and O–H groups in total. The van der Waals surface area contributed by atoms with Gasteiger partial charge in [0.2, 0.25) is 0 Å². The van der Waals surface area contributed by atoms with E-state index >= 15 is 0 Å². The van der Waals surface area contributed by atoms with Crippen LogP contribution in [0.25, 0.3) is 0 Å². The molecule has 1 aliphatic rings. The molecule has 1 unspecified atom stereocenters. The van der Waals surface area contributed by atoms with Crippen molar-refractivity contribution in [2.24, 2.45) is 0 Å². The zero-order valence-corrected chi connectivity index (χ0v) is 14.9. The predicted molar refractivity (Wildman–Crippen MR) is 99.0 cm³/mol. The zero-order valence-electron chi connectivity index (χ0n) is 14.1. The highest BCUT2D eigenvalue weighted by molar-refractivity contribution is 7.81. The Morgan fingerprint density at radius 1 is 1.20 bits per heavy atom. The van der Waals surface area contributed by atoms with E-state index in [9.17, 15) is 13.8 Å². The molecule has 8 heteroatoms. The van der Waals surface area contributed by atoms with E-state index in [1.807, 2.05) is 34.6 Å². The average Bonchev–Trinajstić information content (AvgIpc) is 2.61. The Labute approximate surface area is 148 Å². The smallest absolute Gasteiger partial charge is 0.330 e. The van der Waals surface area contributed by atoms with Crippen molar-refractivity contribution < 1.29 is 4.21 Å². The van der Waals surface area contributed by atoms with Gasteiger partial charge in [-0.05, 0) is 18.4 Å². The maximum absolute atomic E-state index is 12.4. The molecule has 2 heterocycles. The number of nitrogens with one attached hydrogen (secondary N) is 2. The molecule has 134 valence electrons. The minimum absolute atomic E-state index is 0.153. The molecule has 7 nitrogen and oxygen atoms in total. The number of aromatic amines is 1. The Kier molecular flexibility index (Phi) is 5.50. The highest BCUT2D eigenvalue weighted by Crippen LogP contribution is 2.20. The Balaban J connectivity index is 1.72. The maximum atomic E-state index is 12.4. The summed E-state index contributed by atoms with van der Waals surface area (Å²) in [6, 6.07) is 11.0. The SMILES string of the molecule is CS(=O)N1CCC(n2c(=O)cc(NCc3ccccc3)[nH]c2=O)CC1. The van der Waals surface area contributed by atoms with Crippen LogP contribution in [0.1, 0.15) is 24.4 Å². The van der Waals surface area contributed by atoms with Crippen LogP contribution in [0.4, 0.5) is 5.82 Å². The van der Waals surface area contributed by atoms with Crippen LogP contribution in [-0.4, -0.2) is 37.4 Å². The number of benzene rings is 1. The number of piperidine rings is 1. The van der Waals surface area contributed by atoms with Crippen molar-refractivity contribution in [1.82, 2.24) is 13.9 Å². The van der Waals surface area contributed by atoms with Gasteiger partial charge in [-0.3, -0.25) is 14.3 Å². The van der Waals surface area contributed by atoms with Crippen molar-refractivity contribution >= 4 is 16.8 Å². The summed E-state index contributed by atoms with van der Waals surface area (Å²) in [5, 5.41) is 3.08. The van der Waals surface area contributed by atoms with E-state index in [0.717, 1.165) is 5.56 Å². The van der Waals surface area contributed by atoms with Crippen molar-refractivity contribution in [3.05, 3.63) is 62.8 Å². The molecule has 0 bridgehead atoms. The summed E-state index contributed by atoms with van der Waals surface area (Å²) in [7, 11) is -1.01. The molecule has 0 radical (unpaired) electrons. The van der Waals surface area contributed by atoms with Gasteiger partial charge in [0.25, 0.3) is 5.56 Å². The lowest BCUT2D eigenvalue weighted by molar-refractivity contribution is 0.274. The molecule has 1 saturated heterocycles. The minimum atomic E-state index is -1.01. The summed E-state index contributed by atoms with van der Waals surface area (Å²) < 4.78 is 14.6. The lowest BCUT2D eigenvalue weighted by Gasteiger charge is -2.30. The quantitative estimate of drug-likeness (QED) is 0.833. The molecular weight excluding hydrogens is 340 g/mol. The monoisotopic (exact) mass is 362 g/mol. The van der Waals surface area contributed by atoms with E-state index in [1.165, 1.54) is 10.6 Å². The second kappa shape index (κ2) is 7.79. The molecule has 0 saturated carbocycles. The van der Waals surface area contributed by atoms with Gasteiger partial charge in [0.1, 0.15) is 5.82 Å². The second-order valence-electron chi connectivity index (χ2n) is 6.12. The number of nitrogens with zero attached hydrogens (tertiary/aromatic N) is 2. The molecule has 1 aromatic heterocycles. The first-order valence-electron chi connectivity index (χ1n) is 8.27. The van der Waals surface area contributed by atoms with E-state index in [2.05, 4.69) is 10.3 Å². The Bertz CT molecular complexity index is 823. The van der Waals surface area contributed by atoms with Gasteiger partial charge in [-0.25, -0.2) is 13.3 Å². The maximum Gasteiger partial charge on any atom is 0.330 e. The van der Waals surface area contributed by atoms with E-state index in [-0.39, 0.29) is 11.6 Å². The van der Waals surface area contributed by atoms with Gasteiger partial charge in [0.05, 0.1) is 11.0 Å². The van der Waals surface area contributed by atoms with E-state index in [4.69, 9.17) is 0 Å². The van der Waals surface area contributed by atoms with Crippen LogP contribution < -0.4 is 16.6 Å². The van der Waals surface area contributed by atoms with Crippen LogP contribution in [0.15, 0.2) is 46.0 Å². The van der Waals surface area contributed by atoms with Crippen LogP contribution in [0.3, 0.4) is 0 Å². The van der Waals surface area contributed by atoms with Crippen LogP contribution in [-0.2, 0) is 17.5 Å². The molecule has 3 rings (SSSR count). The van der Waals surface area contributed by atoms with Crippen molar-refractivity contribution in [2.75, 3.05) is 24.7 Å². The first-order valence-corrected chi connectivity index (χ1v) is 9.78. The summed E-state index contributed by atoms with van der Waals surface area (Å²) in [6.07, 6.45) is 2.92. The number of hydrogen-bond donors (Lipinski definition) is 2. The number of H-pyrrole nitrogens is 1. The van der Waals surface area contributed by atoms with Crippen LogP contribution in [0.2, 0.25) is 0 Å². The zero-order chi connectivity index (χ0) is 17.8. The van der Waals surface area contributed by atoms with E-state index in [0.29, 0.717) is 38.3 Å². The second-order valence-corrected chi connectivity index (χ2v) is 7.48. The summed E-state index contributed by atoms with van der Waals surface area (Å²) >= 11 is 0. The molecular formula is C17H22N4O3S. The lowest BCUT2D eigenvalue weighted by Crippen LogP contribution is -2.43. The van der Waals surface area contributed by atoms with Crippen molar-refractivity contribution in [1.29, 1.82) is 0 Å². The van der Waals surface area contributed by atoms with Crippen LogP contribution >= 0.6 is 0 Å². The molecule has 2 aromatic rings. The third-order valence-electron chi connectivity index (χ3n) is 4.44. The number of rotatable bonds is 5. The van der Waals surface area contributed by atoms with Crippen molar-refractivity contribution in [2.45, 2.75) is 25.4 Å². The summed E-state index contributed by atoms with van der Waals surface area (Å²) in [5.41, 5.74) is 0.349. The Hall–Kier alpha value is -2.19. The minimum Gasteiger partial charge on any atom is -0.367 e. The van der Waals surface area contributed by atoms with Gasteiger partial charge in [-0.2, -0.15) is 0 Å². The number of hydrogen-bond acceptors (Lipinski definition) is 4. The molecule has 1 atom stereocenters. The Morgan fingerprint density at radius 3 is 2.48 bits per heavy atom. The van der Waals surface area contributed by atoms with Gasteiger partial charge in [-0.1, -0.05) is 30.3 Å². The molecule has 1 aliphatic heterocycles.